The van der Waals surface area contributed by atoms with Crippen LogP contribution in [0.25, 0.3) is 0 Å². The van der Waals surface area contributed by atoms with Gasteiger partial charge in [-0.1, -0.05) is 53.7 Å². The van der Waals surface area contributed by atoms with E-state index >= 15 is 0 Å². The van der Waals surface area contributed by atoms with Crippen LogP contribution in [0, 0.1) is 58.2 Å². The van der Waals surface area contributed by atoms with Crippen LogP contribution in [0.5, 0.6) is 0 Å². The Kier molecular flexibility index (Phi) is 6.06. The summed E-state index contributed by atoms with van der Waals surface area (Å²) in [5.41, 5.74) is 0.317. The van der Waals surface area contributed by atoms with Crippen LogP contribution in [0.3, 0.4) is 0 Å². The van der Waals surface area contributed by atoms with Crippen molar-refractivity contribution in [3.8, 4) is 0 Å². The van der Waals surface area contributed by atoms with Crippen molar-refractivity contribution in [1.82, 2.24) is 0 Å². The van der Waals surface area contributed by atoms with Gasteiger partial charge in [0.2, 0.25) is 0 Å². The smallest absolute Gasteiger partial charge is 0.137 e. The number of aliphatic hydroxyl groups excluding tert-OH is 1. The lowest BCUT2D eigenvalue weighted by molar-refractivity contribution is -0.162. The number of Topliss-reactive ketones (excluding diaryl/α,β-unsaturated/α-hetero) is 1. The maximum Gasteiger partial charge on any atom is 0.137 e. The highest BCUT2D eigenvalue weighted by Gasteiger charge is 2.63. The van der Waals surface area contributed by atoms with Gasteiger partial charge in [-0.15, -0.1) is 0 Å². The standard InChI is InChI=1S/C28H46O2/c1-17(2)18(3)7-8-19(4)23-11-12-24-22-10-9-20-15-21(29)13-14-27(20,5)26(22)25(30)16-28(23,24)6/h7-8,17-24,26,29H,9-16H2,1-6H3/t18-,19+,20?,21?,22-,23+,24-,26+,27-,28+/m0/s1. The van der Waals surface area contributed by atoms with Crippen molar-refractivity contribution < 1.29 is 9.90 Å². The fourth-order valence-electron chi connectivity index (χ4n) is 8.66. The molecule has 4 fully saturated rings. The van der Waals surface area contributed by atoms with Gasteiger partial charge in [-0.3, -0.25) is 4.79 Å². The number of rotatable bonds is 4. The summed E-state index contributed by atoms with van der Waals surface area (Å²) in [5, 5.41) is 10.2. The number of hydrogen-bond acceptors (Lipinski definition) is 2. The first-order chi connectivity index (χ1) is 14.1. The predicted molar refractivity (Wildman–Crippen MR) is 124 cm³/mol. The molecule has 0 heterocycles. The molecule has 1 N–H and O–H groups in total. The second kappa shape index (κ2) is 8.05. The van der Waals surface area contributed by atoms with Crippen LogP contribution < -0.4 is 0 Å². The molecule has 2 nitrogen and oxygen atoms in total. The van der Waals surface area contributed by atoms with E-state index in [2.05, 4.69) is 53.7 Å². The Bertz CT molecular complexity index is 680. The number of fused-ring (bicyclic) bond motifs is 5. The molecule has 4 aliphatic carbocycles. The van der Waals surface area contributed by atoms with Crippen LogP contribution in [-0.2, 0) is 4.79 Å². The third-order valence-electron chi connectivity index (χ3n) is 10.8. The van der Waals surface area contributed by atoms with E-state index < -0.39 is 0 Å². The quantitative estimate of drug-likeness (QED) is 0.522. The third-order valence-corrected chi connectivity index (χ3v) is 10.8. The van der Waals surface area contributed by atoms with Crippen LogP contribution in [0.1, 0.15) is 92.9 Å². The molecule has 2 unspecified atom stereocenters. The van der Waals surface area contributed by atoms with Gasteiger partial charge in [0.15, 0.2) is 0 Å². The molecular formula is C28H46O2. The minimum Gasteiger partial charge on any atom is -0.393 e. The lowest BCUT2D eigenvalue weighted by Crippen LogP contribution is -2.57. The van der Waals surface area contributed by atoms with Crippen molar-refractivity contribution in [2.24, 2.45) is 58.2 Å². The fraction of sp³-hybridized carbons (Fsp3) is 0.893. The number of allylic oxidation sites excluding steroid dienone is 2. The average Bonchev–Trinajstić information content (AvgIpc) is 3.02. The first-order valence-electron chi connectivity index (χ1n) is 13.0. The Balaban J connectivity index is 1.56. The van der Waals surface area contributed by atoms with Crippen LogP contribution >= 0.6 is 0 Å². The normalized spacial score (nSPS) is 48.3. The molecule has 170 valence electrons. The second-order valence-corrected chi connectivity index (χ2v) is 12.6. The number of carbonyl (C=O) groups excluding carboxylic acids is 1. The van der Waals surface area contributed by atoms with Gasteiger partial charge in [-0.05, 0) is 97.2 Å². The fourth-order valence-corrected chi connectivity index (χ4v) is 8.66. The summed E-state index contributed by atoms with van der Waals surface area (Å²) >= 11 is 0. The van der Waals surface area contributed by atoms with Crippen LogP contribution in [-0.4, -0.2) is 17.0 Å². The monoisotopic (exact) mass is 414 g/mol. The van der Waals surface area contributed by atoms with Gasteiger partial charge in [0.25, 0.3) is 0 Å². The maximum atomic E-state index is 13.8. The molecule has 0 aromatic heterocycles. The summed E-state index contributed by atoms with van der Waals surface area (Å²) in [6.07, 6.45) is 13.5. The first-order valence-corrected chi connectivity index (χ1v) is 13.0. The number of hydrogen-bond donors (Lipinski definition) is 1. The lowest BCUT2D eigenvalue weighted by Gasteiger charge is -2.60. The largest absolute Gasteiger partial charge is 0.393 e. The van der Waals surface area contributed by atoms with Gasteiger partial charge in [-0.25, -0.2) is 0 Å². The van der Waals surface area contributed by atoms with Crippen molar-refractivity contribution in [2.75, 3.05) is 0 Å². The van der Waals surface area contributed by atoms with E-state index in [9.17, 15) is 9.90 Å². The topological polar surface area (TPSA) is 37.3 Å². The minimum atomic E-state index is -0.139. The summed E-state index contributed by atoms with van der Waals surface area (Å²) in [5.74, 6) is 5.18. The molecule has 0 saturated heterocycles. The van der Waals surface area contributed by atoms with Crippen LogP contribution in [0.15, 0.2) is 12.2 Å². The Hall–Kier alpha value is -0.630. The van der Waals surface area contributed by atoms with Gasteiger partial charge in [0.05, 0.1) is 6.10 Å². The van der Waals surface area contributed by atoms with E-state index in [1.807, 2.05) is 0 Å². The molecule has 0 radical (unpaired) electrons. The molecule has 4 rings (SSSR count). The number of ketones is 1. The van der Waals surface area contributed by atoms with Crippen molar-refractivity contribution in [3.05, 3.63) is 12.2 Å². The Morgan fingerprint density at radius 3 is 2.40 bits per heavy atom. The van der Waals surface area contributed by atoms with Gasteiger partial charge in [-0.2, -0.15) is 0 Å². The molecule has 0 amide bonds. The summed E-state index contributed by atoms with van der Waals surface area (Å²) in [6.45, 7) is 14.2. The van der Waals surface area contributed by atoms with Crippen molar-refractivity contribution in [3.63, 3.8) is 0 Å². The summed E-state index contributed by atoms with van der Waals surface area (Å²) < 4.78 is 0. The van der Waals surface area contributed by atoms with Gasteiger partial charge in [0.1, 0.15) is 5.78 Å². The number of carbonyl (C=O) groups is 1. The molecule has 2 heteroatoms. The molecule has 0 bridgehead atoms. The SMILES string of the molecule is CC(C)[C@@H](C)C=C[C@@H](C)[C@H]1CC[C@H]2[C@@H]3CCC4CC(O)CC[C@]4(C)[C@H]3C(=O)C[C@]12C. The van der Waals surface area contributed by atoms with Crippen molar-refractivity contribution >= 4 is 5.78 Å². The summed E-state index contributed by atoms with van der Waals surface area (Å²) in [6, 6.07) is 0. The lowest BCUT2D eigenvalue weighted by atomic mass is 9.44. The molecule has 0 aromatic rings. The summed E-state index contributed by atoms with van der Waals surface area (Å²) in [7, 11) is 0. The predicted octanol–water partition coefficient (Wildman–Crippen LogP) is 6.67. The molecule has 0 spiro atoms. The molecular weight excluding hydrogens is 368 g/mol. The van der Waals surface area contributed by atoms with E-state index in [1.165, 1.54) is 25.7 Å². The second-order valence-electron chi connectivity index (χ2n) is 12.6. The van der Waals surface area contributed by atoms with Crippen molar-refractivity contribution in [2.45, 2.75) is 99.0 Å². The first kappa shape index (κ1) is 22.6. The third kappa shape index (κ3) is 3.54. The van der Waals surface area contributed by atoms with E-state index in [0.29, 0.717) is 47.2 Å². The number of aliphatic hydroxyl groups is 1. The van der Waals surface area contributed by atoms with Crippen molar-refractivity contribution in [1.29, 1.82) is 0 Å². The zero-order chi connectivity index (χ0) is 21.8. The van der Waals surface area contributed by atoms with Crippen LogP contribution in [0.2, 0.25) is 0 Å². The van der Waals surface area contributed by atoms with E-state index in [-0.39, 0.29) is 22.9 Å². The Labute approximate surface area is 185 Å². The minimum absolute atomic E-state index is 0.136. The molecule has 4 saturated carbocycles. The zero-order valence-electron chi connectivity index (χ0n) is 20.4. The van der Waals surface area contributed by atoms with E-state index in [4.69, 9.17) is 0 Å². The maximum absolute atomic E-state index is 13.8. The van der Waals surface area contributed by atoms with Gasteiger partial charge >= 0.3 is 0 Å². The molecule has 0 aliphatic heterocycles. The Morgan fingerprint density at radius 1 is 0.967 bits per heavy atom. The average molecular weight is 415 g/mol. The highest BCUT2D eigenvalue weighted by molar-refractivity contribution is 5.84. The highest BCUT2D eigenvalue weighted by Crippen LogP contribution is 2.67. The Morgan fingerprint density at radius 2 is 1.70 bits per heavy atom. The van der Waals surface area contributed by atoms with Gasteiger partial charge < -0.3 is 5.11 Å². The van der Waals surface area contributed by atoms with E-state index in [0.717, 1.165) is 25.7 Å². The molecule has 10 atom stereocenters. The zero-order valence-corrected chi connectivity index (χ0v) is 20.4. The van der Waals surface area contributed by atoms with Gasteiger partial charge in [0, 0.05) is 12.3 Å². The van der Waals surface area contributed by atoms with E-state index in [1.54, 1.807) is 0 Å². The highest BCUT2D eigenvalue weighted by atomic mass is 16.3. The summed E-state index contributed by atoms with van der Waals surface area (Å²) in [4.78, 5) is 13.8. The van der Waals surface area contributed by atoms with Crippen LogP contribution in [0.4, 0.5) is 0 Å². The molecule has 0 aromatic carbocycles. The molecule has 30 heavy (non-hydrogen) atoms. The molecule has 4 aliphatic rings.